The summed E-state index contributed by atoms with van der Waals surface area (Å²) in [6.45, 7) is 3.94. The van der Waals surface area contributed by atoms with Gasteiger partial charge >= 0.3 is 5.97 Å². The first-order chi connectivity index (χ1) is 12.4. The first kappa shape index (κ1) is 19.6. The van der Waals surface area contributed by atoms with E-state index in [4.69, 9.17) is 4.74 Å². The Balaban J connectivity index is 1.83. The van der Waals surface area contributed by atoms with Crippen LogP contribution in [0.25, 0.3) is 6.08 Å². The Kier molecular flexibility index (Phi) is 6.89. The number of esters is 1. The molecule has 26 heavy (non-hydrogen) atoms. The fraction of sp³-hybridized carbons (Fsp3) is 0.474. The zero-order chi connectivity index (χ0) is 19.1. The first-order valence-corrected chi connectivity index (χ1v) is 8.76. The van der Waals surface area contributed by atoms with Crippen molar-refractivity contribution in [3.05, 3.63) is 46.0 Å². The van der Waals surface area contributed by atoms with E-state index >= 15 is 0 Å². The molecule has 1 N–H and O–H groups in total. The summed E-state index contributed by atoms with van der Waals surface area (Å²) in [4.78, 5) is 34.1. The lowest BCUT2D eigenvalue weighted by molar-refractivity contribution is -0.385. The zero-order valence-corrected chi connectivity index (χ0v) is 15.0. The van der Waals surface area contributed by atoms with Gasteiger partial charge in [0.15, 0.2) is 6.61 Å². The predicted octanol–water partition coefficient (Wildman–Crippen LogP) is 3.09. The quantitative estimate of drug-likeness (QED) is 0.364. The first-order valence-electron chi connectivity index (χ1n) is 8.76. The van der Waals surface area contributed by atoms with E-state index in [0.29, 0.717) is 17.4 Å². The lowest BCUT2D eigenvalue weighted by atomic mass is 9.78. The second kappa shape index (κ2) is 9.12. The smallest absolute Gasteiger partial charge is 0.331 e. The molecule has 0 aromatic heterocycles. The largest absolute Gasteiger partial charge is 0.452 e. The summed E-state index contributed by atoms with van der Waals surface area (Å²) in [5.41, 5.74) is 0.193. The highest BCUT2D eigenvalue weighted by atomic mass is 16.6. The van der Waals surface area contributed by atoms with Crippen LogP contribution in [0.4, 0.5) is 5.69 Å². The molecule has 1 aromatic rings. The van der Waals surface area contributed by atoms with Gasteiger partial charge in [-0.15, -0.1) is 0 Å². The van der Waals surface area contributed by atoms with E-state index in [-0.39, 0.29) is 24.2 Å². The Bertz CT molecular complexity index is 701. The Hall–Kier alpha value is -2.70. The SMILES string of the molecule is C[C@@H]1[C@H](C)CCC[C@@H]1NC(=O)COC(=O)/C=C/c1ccccc1[N+](=O)[O-]. The number of amides is 1. The van der Waals surface area contributed by atoms with Gasteiger partial charge in [0, 0.05) is 18.2 Å². The van der Waals surface area contributed by atoms with Crippen LogP contribution in [-0.2, 0) is 14.3 Å². The normalized spacial score (nSPS) is 22.8. The van der Waals surface area contributed by atoms with Crippen LogP contribution < -0.4 is 5.32 Å². The van der Waals surface area contributed by atoms with Crippen molar-refractivity contribution in [3.8, 4) is 0 Å². The molecule has 0 radical (unpaired) electrons. The molecule has 140 valence electrons. The number of carbonyl (C=O) groups excluding carboxylic acids is 2. The minimum atomic E-state index is -0.719. The topological polar surface area (TPSA) is 98.5 Å². The standard InChI is InChI=1S/C19H24N2O5/c1-13-6-5-8-16(14(13)2)20-18(22)12-26-19(23)11-10-15-7-3-4-9-17(15)21(24)25/h3-4,7,9-11,13-14,16H,5-6,8,12H2,1-2H3,(H,20,22)/b11-10+/t13-,14-,16+/m1/s1. The molecular weight excluding hydrogens is 336 g/mol. The van der Waals surface area contributed by atoms with Crippen molar-refractivity contribution in [1.29, 1.82) is 0 Å². The number of benzene rings is 1. The highest BCUT2D eigenvalue weighted by Gasteiger charge is 2.28. The molecule has 2 rings (SSSR count). The lowest BCUT2D eigenvalue weighted by Crippen LogP contribution is -2.45. The van der Waals surface area contributed by atoms with Crippen molar-refractivity contribution in [1.82, 2.24) is 5.32 Å². The minimum Gasteiger partial charge on any atom is -0.452 e. The van der Waals surface area contributed by atoms with Crippen LogP contribution >= 0.6 is 0 Å². The maximum Gasteiger partial charge on any atom is 0.331 e. The van der Waals surface area contributed by atoms with Gasteiger partial charge in [0.2, 0.25) is 0 Å². The van der Waals surface area contributed by atoms with Crippen LogP contribution in [0.1, 0.15) is 38.7 Å². The van der Waals surface area contributed by atoms with Crippen molar-refractivity contribution in [2.45, 2.75) is 39.2 Å². The summed E-state index contributed by atoms with van der Waals surface area (Å²) in [7, 11) is 0. The average Bonchev–Trinajstić information content (AvgIpc) is 2.62. The number of nitrogens with zero attached hydrogens (tertiary/aromatic N) is 1. The van der Waals surface area contributed by atoms with Gasteiger partial charge in [-0.05, 0) is 30.4 Å². The molecule has 0 aliphatic heterocycles. The van der Waals surface area contributed by atoms with Gasteiger partial charge in [-0.2, -0.15) is 0 Å². The highest BCUT2D eigenvalue weighted by Crippen LogP contribution is 2.29. The second-order valence-electron chi connectivity index (χ2n) is 6.70. The third-order valence-electron chi connectivity index (χ3n) is 4.93. The van der Waals surface area contributed by atoms with Crippen molar-refractivity contribution in [3.63, 3.8) is 0 Å². The molecule has 1 aromatic carbocycles. The van der Waals surface area contributed by atoms with E-state index in [2.05, 4.69) is 19.2 Å². The predicted molar refractivity (Wildman–Crippen MR) is 97.2 cm³/mol. The van der Waals surface area contributed by atoms with Gasteiger partial charge < -0.3 is 10.1 Å². The van der Waals surface area contributed by atoms with E-state index in [1.807, 2.05) is 0 Å². The fourth-order valence-corrected chi connectivity index (χ4v) is 3.17. The van der Waals surface area contributed by atoms with Crippen molar-refractivity contribution >= 4 is 23.6 Å². The molecule has 7 heteroatoms. The average molecular weight is 360 g/mol. The van der Waals surface area contributed by atoms with Crippen LogP contribution in [0, 0.1) is 22.0 Å². The Morgan fingerprint density at radius 2 is 2.04 bits per heavy atom. The second-order valence-corrected chi connectivity index (χ2v) is 6.70. The summed E-state index contributed by atoms with van der Waals surface area (Å²) < 4.78 is 4.92. The highest BCUT2D eigenvalue weighted by molar-refractivity contribution is 5.90. The molecule has 3 atom stereocenters. The van der Waals surface area contributed by atoms with Crippen LogP contribution in [0.2, 0.25) is 0 Å². The monoisotopic (exact) mass is 360 g/mol. The van der Waals surface area contributed by atoms with Gasteiger partial charge in [0.05, 0.1) is 10.5 Å². The number of ether oxygens (including phenoxy) is 1. The number of nitro benzene ring substituents is 1. The van der Waals surface area contributed by atoms with Gasteiger partial charge in [-0.1, -0.05) is 38.8 Å². The van der Waals surface area contributed by atoms with E-state index in [1.54, 1.807) is 12.1 Å². The number of hydrogen-bond acceptors (Lipinski definition) is 5. The Morgan fingerprint density at radius 1 is 1.31 bits per heavy atom. The molecule has 0 bridgehead atoms. The van der Waals surface area contributed by atoms with E-state index in [1.165, 1.54) is 24.6 Å². The Labute approximate surface area is 152 Å². The summed E-state index contributed by atoms with van der Waals surface area (Å²) in [5.74, 6) is -0.102. The van der Waals surface area contributed by atoms with Crippen LogP contribution in [-0.4, -0.2) is 29.4 Å². The fourth-order valence-electron chi connectivity index (χ4n) is 3.17. The van der Waals surface area contributed by atoms with Crippen molar-refractivity contribution in [2.75, 3.05) is 6.61 Å². The molecule has 1 amide bonds. The van der Waals surface area contributed by atoms with Crippen molar-refractivity contribution < 1.29 is 19.2 Å². The summed E-state index contributed by atoms with van der Waals surface area (Å²) >= 11 is 0. The van der Waals surface area contributed by atoms with Gasteiger partial charge in [-0.25, -0.2) is 4.79 Å². The van der Waals surface area contributed by atoms with E-state index < -0.39 is 10.9 Å². The third-order valence-corrected chi connectivity index (χ3v) is 4.93. The summed E-state index contributed by atoms with van der Waals surface area (Å²) in [6.07, 6.45) is 5.57. The van der Waals surface area contributed by atoms with E-state index in [0.717, 1.165) is 18.9 Å². The molecular formula is C19H24N2O5. The number of para-hydroxylation sites is 1. The number of carbonyl (C=O) groups is 2. The summed E-state index contributed by atoms with van der Waals surface area (Å²) in [5, 5.41) is 13.8. The molecule has 1 aliphatic carbocycles. The molecule has 1 fully saturated rings. The molecule has 1 aliphatic rings. The zero-order valence-electron chi connectivity index (χ0n) is 15.0. The maximum atomic E-state index is 12.0. The minimum absolute atomic E-state index is 0.102. The molecule has 0 spiro atoms. The lowest BCUT2D eigenvalue weighted by Gasteiger charge is -2.34. The van der Waals surface area contributed by atoms with Crippen LogP contribution in [0.3, 0.4) is 0 Å². The number of nitro groups is 1. The Morgan fingerprint density at radius 3 is 2.77 bits per heavy atom. The number of nitrogens with one attached hydrogen (secondary N) is 1. The van der Waals surface area contributed by atoms with Crippen LogP contribution in [0.15, 0.2) is 30.3 Å². The van der Waals surface area contributed by atoms with Gasteiger partial charge in [0.25, 0.3) is 11.6 Å². The molecule has 0 saturated heterocycles. The molecule has 1 saturated carbocycles. The number of rotatable bonds is 6. The van der Waals surface area contributed by atoms with Crippen LogP contribution in [0.5, 0.6) is 0 Å². The maximum absolute atomic E-state index is 12.0. The third kappa shape index (κ3) is 5.40. The molecule has 7 nitrogen and oxygen atoms in total. The molecule has 0 unspecified atom stereocenters. The summed E-state index contributed by atoms with van der Waals surface area (Å²) in [6, 6.07) is 6.17. The van der Waals surface area contributed by atoms with Crippen molar-refractivity contribution in [2.24, 2.45) is 11.8 Å². The van der Waals surface area contributed by atoms with Gasteiger partial charge in [-0.3, -0.25) is 14.9 Å². The van der Waals surface area contributed by atoms with E-state index in [9.17, 15) is 19.7 Å². The van der Waals surface area contributed by atoms with Gasteiger partial charge in [0.1, 0.15) is 0 Å². The molecule has 0 heterocycles. The number of hydrogen-bond donors (Lipinski definition) is 1.